The number of allylic oxidation sites excluding steroid dienone is 6. The van der Waals surface area contributed by atoms with Crippen molar-refractivity contribution in [3.8, 4) is 0 Å². The van der Waals surface area contributed by atoms with Gasteiger partial charge in [-0.1, -0.05) is 160 Å². The van der Waals surface area contributed by atoms with E-state index in [4.69, 9.17) is 0 Å². The van der Waals surface area contributed by atoms with E-state index in [1.807, 2.05) is 0 Å². The van der Waals surface area contributed by atoms with Crippen molar-refractivity contribution < 1.29 is 0 Å². The first-order chi connectivity index (χ1) is 28.1. The van der Waals surface area contributed by atoms with Gasteiger partial charge < -0.3 is 9.80 Å². The van der Waals surface area contributed by atoms with Crippen molar-refractivity contribution in [1.29, 1.82) is 0 Å². The van der Waals surface area contributed by atoms with Gasteiger partial charge in [0.1, 0.15) is 0 Å². The summed E-state index contributed by atoms with van der Waals surface area (Å²) in [5.74, 6) is 1.02. The van der Waals surface area contributed by atoms with Crippen LogP contribution in [0.2, 0.25) is 5.82 Å². The summed E-state index contributed by atoms with van der Waals surface area (Å²) >= 11 is 2.15. The summed E-state index contributed by atoms with van der Waals surface area (Å²) < 4.78 is 0. The van der Waals surface area contributed by atoms with Gasteiger partial charge >= 0.3 is 0 Å². The molecule has 2 nitrogen and oxygen atoms in total. The van der Waals surface area contributed by atoms with Gasteiger partial charge in [0.2, 0.25) is 6.71 Å². The van der Waals surface area contributed by atoms with E-state index in [2.05, 4.69) is 213 Å². The Bertz CT molecular complexity index is 2370. The van der Waals surface area contributed by atoms with Crippen molar-refractivity contribution in [2.75, 3.05) is 9.80 Å². The number of aryl methyl sites for hydroxylation is 1. The van der Waals surface area contributed by atoms with Crippen molar-refractivity contribution in [2.45, 2.75) is 196 Å². The van der Waals surface area contributed by atoms with E-state index in [9.17, 15) is 0 Å². The van der Waals surface area contributed by atoms with E-state index >= 15 is 0 Å². The lowest BCUT2D eigenvalue weighted by molar-refractivity contribution is 0.332. The van der Waals surface area contributed by atoms with Crippen LogP contribution in [0, 0.1) is 24.2 Å². The molecule has 0 N–H and O–H groups in total. The third-order valence-electron chi connectivity index (χ3n) is 16.1. The van der Waals surface area contributed by atoms with Gasteiger partial charge in [-0.25, -0.2) is 0 Å². The number of hydrogen-bond donors (Lipinski definition) is 0. The molecule has 3 unspecified atom stereocenters. The lowest BCUT2D eigenvalue weighted by Gasteiger charge is -2.46. The van der Waals surface area contributed by atoms with Crippen molar-refractivity contribution in [2.24, 2.45) is 17.3 Å². The minimum Gasteiger partial charge on any atom is -0.339 e. The number of anilines is 3. The fourth-order valence-corrected chi connectivity index (χ4v) is 13.7. The molecule has 0 amide bonds. The predicted octanol–water partition coefficient (Wildman–Crippen LogP) is 15.7. The van der Waals surface area contributed by atoms with E-state index in [0.29, 0.717) is 17.7 Å². The Balaban J connectivity index is 1.54. The Labute approximate surface area is 377 Å². The average Bonchev–Trinajstić information content (AvgIpc) is 3.45. The van der Waals surface area contributed by atoms with Gasteiger partial charge in [-0.05, 0) is 152 Å². The quantitative estimate of drug-likeness (QED) is 0.243. The molecule has 8 rings (SSSR count). The van der Waals surface area contributed by atoms with Gasteiger partial charge in [0.05, 0.1) is 16.7 Å². The summed E-state index contributed by atoms with van der Waals surface area (Å²) in [5, 5.41) is 1.48. The van der Waals surface area contributed by atoms with Crippen molar-refractivity contribution >= 4 is 39.9 Å². The minimum absolute atomic E-state index is 0.0248. The van der Waals surface area contributed by atoms with Crippen LogP contribution in [0.25, 0.3) is 0 Å². The zero-order valence-electron chi connectivity index (χ0n) is 41.8. The van der Waals surface area contributed by atoms with Crippen LogP contribution in [0.3, 0.4) is 0 Å². The standard InChI is InChI=1S/C57H79BN2S/c1-34(2)30-46-48-37(5)59(40-23-20-38(21-24-40)52(6,7)8)44-25-22-39(53(9,10)11)32-43(36(44)4)58(48)49-47-50(57(18,19)29-28-56(47,16)17)61-51(49)60(46)45-33-42-41(31-35(45)3)54(12,13)26-27-55(42,14)15/h20-25,30-34,36,43-44H,26-29H2,1-19H3/b46-30+. The van der Waals surface area contributed by atoms with E-state index in [1.165, 1.54) is 81.2 Å². The van der Waals surface area contributed by atoms with Gasteiger partial charge in [-0.3, -0.25) is 0 Å². The van der Waals surface area contributed by atoms with Gasteiger partial charge in [0, 0.05) is 22.0 Å². The maximum Gasteiger partial charge on any atom is 0.225 e. The van der Waals surface area contributed by atoms with Gasteiger partial charge in [-0.15, -0.1) is 11.3 Å². The molecule has 0 saturated heterocycles. The van der Waals surface area contributed by atoms with Gasteiger partial charge in [0.15, 0.2) is 0 Å². The molecule has 61 heavy (non-hydrogen) atoms. The minimum atomic E-state index is 0.0248. The summed E-state index contributed by atoms with van der Waals surface area (Å²) in [5.41, 5.74) is 18.1. The summed E-state index contributed by atoms with van der Waals surface area (Å²) in [4.78, 5) is 7.21. The molecule has 4 heteroatoms. The Morgan fingerprint density at radius 3 is 1.92 bits per heavy atom. The molecule has 0 spiro atoms. The van der Waals surface area contributed by atoms with Crippen LogP contribution in [0.4, 0.5) is 16.4 Å². The summed E-state index contributed by atoms with van der Waals surface area (Å²) in [6.07, 6.45) is 15.3. The normalized spacial score (nSPS) is 25.8. The lowest BCUT2D eigenvalue weighted by Crippen LogP contribution is -2.51. The highest BCUT2D eigenvalue weighted by atomic mass is 32.1. The van der Waals surface area contributed by atoms with Gasteiger partial charge in [0.25, 0.3) is 0 Å². The zero-order valence-corrected chi connectivity index (χ0v) is 42.6. The molecule has 2 aromatic carbocycles. The van der Waals surface area contributed by atoms with Gasteiger partial charge in [-0.2, -0.15) is 0 Å². The molecular formula is C57H79BN2S. The van der Waals surface area contributed by atoms with Crippen molar-refractivity contribution in [1.82, 2.24) is 0 Å². The second-order valence-corrected chi connectivity index (χ2v) is 26.2. The van der Waals surface area contributed by atoms with E-state index in [1.54, 1.807) is 21.5 Å². The smallest absolute Gasteiger partial charge is 0.225 e. The highest BCUT2D eigenvalue weighted by Crippen LogP contribution is 2.59. The molecular weight excluding hydrogens is 756 g/mol. The first-order valence-corrected chi connectivity index (χ1v) is 24.8. The molecule has 1 aromatic heterocycles. The largest absolute Gasteiger partial charge is 0.339 e. The van der Waals surface area contributed by atoms with Crippen LogP contribution in [0.1, 0.15) is 183 Å². The highest BCUT2D eigenvalue weighted by Gasteiger charge is 2.55. The molecule has 2 aliphatic heterocycles. The van der Waals surface area contributed by atoms with E-state index in [-0.39, 0.29) is 45.2 Å². The second-order valence-electron chi connectivity index (χ2n) is 25.2. The van der Waals surface area contributed by atoms with E-state index in [0.717, 1.165) is 0 Å². The number of rotatable bonds is 3. The fourth-order valence-electron chi connectivity index (χ4n) is 12.0. The third kappa shape index (κ3) is 7.20. The maximum absolute atomic E-state index is 2.83. The Morgan fingerprint density at radius 1 is 0.770 bits per heavy atom. The summed E-state index contributed by atoms with van der Waals surface area (Å²) in [6, 6.07) is 15.1. The first kappa shape index (κ1) is 44.4. The Hall–Kier alpha value is -3.24. The number of hydrogen-bond acceptors (Lipinski definition) is 3. The molecule has 0 saturated carbocycles. The molecule has 3 atom stereocenters. The fraction of sp³-hybridized carbons (Fsp3) is 0.579. The molecule has 5 aliphatic rings. The Morgan fingerprint density at radius 2 is 1.34 bits per heavy atom. The molecule has 0 radical (unpaired) electrons. The van der Waals surface area contributed by atoms with Crippen LogP contribution in [0.5, 0.6) is 0 Å². The number of fused-ring (bicyclic) bond motifs is 9. The summed E-state index contributed by atoms with van der Waals surface area (Å²) in [7, 11) is 0. The van der Waals surface area contributed by atoms with Crippen LogP contribution in [-0.2, 0) is 27.1 Å². The molecule has 3 heterocycles. The first-order valence-electron chi connectivity index (χ1n) is 23.9. The molecule has 3 aliphatic carbocycles. The number of benzene rings is 2. The van der Waals surface area contributed by atoms with Crippen LogP contribution >= 0.6 is 11.3 Å². The van der Waals surface area contributed by atoms with Crippen LogP contribution in [-0.4, -0.2) is 12.8 Å². The molecule has 2 bridgehead atoms. The average molecular weight is 835 g/mol. The molecule has 0 fully saturated rings. The van der Waals surface area contributed by atoms with Crippen molar-refractivity contribution in [3.05, 3.63) is 116 Å². The number of thiophene rings is 1. The summed E-state index contributed by atoms with van der Waals surface area (Å²) in [6.45, 7) is 46.9. The maximum atomic E-state index is 2.83. The molecule has 3 aromatic rings. The van der Waals surface area contributed by atoms with E-state index < -0.39 is 0 Å². The third-order valence-corrected chi connectivity index (χ3v) is 17.7. The molecule has 326 valence electrons. The highest BCUT2D eigenvalue weighted by molar-refractivity contribution is 7.19. The number of nitrogens with zero attached hydrogens (tertiary/aromatic N) is 2. The van der Waals surface area contributed by atoms with Crippen LogP contribution in [0.15, 0.2) is 83.1 Å². The predicted molar refractivity (Wildman–Crippen MR) is 270 cm³/mol. The lowest BCUT2D eigenvalue weighted by atomic mass is 9.28. The monoisotopic (exact) mass is 835 g/mol. The zero-order chi connectivity index (χ0) is 44.7. The van der Waals surface area contributed by atoms with Crippen LogP contribution < -0.4 is 15.3 Å². The topological polar surface area (TPSA) is 6.48 Å². The SMILES string of the molecule is CC1=C2B(c3c(sc4c3C(C)(C)CCC4(C)C)N(c3cc4c(cc3C)C(C)(C)CCC4(C)C)/C2=C/C(C)C)C2C=C(C(C)(C)C)C=CC(C2C)N1c1ccc(C(C)(C)C)cc1. The Kier molecular flexibility index (Phi) is 10.5. The van der Waals surface area contributed by atoms with Crippen molar-refractivity contribution in [3.63, 3.8) is 0 Å². The second kappa shape index (κ2) is 14.4.